The summed E-state index contributed by atoms with van der Waals surface area (Å²) in [5.74, 6) is 0.182. The molecule has 0 saturated carbocycles. The minimum absolute atomic E-state index is 0.0167. The molecule has 0 unspecified atom stereocenters. The number of halogens is 1. The van der Waals surface area contributed by atoms with Crippen LogP contribution in [-0.2, 0) is 16.0 Å². The fourth-order valence-corrected chi connectivity index (χ4v) is 3.42. The average Bonchev–Trinajstić information content (AvgIpc) is 2.96. The summed E-state index contributed by atoms with van der Waals surface area (Å²) in [5, 5.41) is 9.16. The van der Waals surface area contributed by atoms with Gasteiger partial charge in [0.1, 0.15) is 0 Å². The first kappa shape index (κ1) is 20.2. The molecule has 0 N–H and O–H groups in total. The molecule has 0 aromatic heterocycles. The SMILES string of the molecule is N#CCCCCCCN1C(=O)CC[C@@H]1C=CC(=O)Cc1cccc(Cl)c1. The standard InChI is InChI=1S/C21H25ClN2O2/c22-18-8-6-7-17(15-18)16-20(25)11-9-19-10-12-21(26)24(19)14-5-3-1-2-4-13-23/h6-9,11,15,19H,1-5,10,12,14,16H2/t19-/m0/s1. The Labute approximate surface area is 160 Å². The van der Waals surface area contributed by atoms with Gasteiger partial charge in [-0.15, -0.1) is 0 Å². The summed E-state index contributed by atoms with van der Waals surface area (Å²) in [7, 11) is 0. The molecule has 1 fully saturated rings. The van der Waals surface area contributed by atoms with E-state index in [0.717, 1.165) is 44.2 Å². The fraction of sp³-hybridized carbons (Fsp3) is 0.476. The summed E-state index contributed by atoms with van der Waals surface area (Å²) in [6.45, 7) is 0.725. The topological polar surface area (TPSA) is 61.2 Å². The van der Waals surface area contributed by atoms with Crippen molar-refractivity contribution in [3.63, 3.8) is 0 Å². The molecule has 26 heavy (non-hydrogen) atoms. The second-order valence-corrected chi connectivity index (χ2v) is 7.08. The molecule has 5 heteroatoms. The molecule has 4 nitrogen and oxygen atoms in total. The smallest absolute Gasteiger partial charge is 0.223 e. The molecular weight excluding hydrogens is 348 g/mol. The zero-order valence-corrected chi connectivity index (χ0v) is 15.8. The number of hydrogen-bond donors (Lipinski definition) is 0. The highest BCUT2D eigenvalue weighted by atomic mass is 35.5. The number of likely N-dealkylation sites (tertiary alicyclic amines) is 1. The molecule has 1 atom stereocenters. The third-order valence-electron chi connectivity index (χ3n) is 4.58. The molecule has 1 saturated heterocycles. The minimum atomic E-state index is 0.0167. The number of benzene rings is 1. The Morgan fingerprint density at radius 3 is 2.88 bits per heavy atom. The summed E-state index contributed by atoms with van der Waals surface area (Å²) < 4.78 is 0. The number of nitrogens with zero attached hydrogens (tertiary/aromatic N) is 2. The molecule has 1 amide bonds. The minimum Gasteiger partial charge on any atom is -0.336 e. The highest BCUT2D eigenvalue weighted by molar-refractivity contribution is 6.30. The number of nitriles is 1. The van der Waals surface area contributed by atoms with Crippen LogP contribution in [0.4, 0.5) is 0 Å². The predicted molar refractivity (Wildman–Crippen MR) is 103 cm³/mol. The van der Waals surface area contributed by atoms with Gasteiger partial charge in [0.2, 0.25) is 5.91 Å². The van der Waals surface area contributed by atoms with Gasteiger partial charge < -0.3 is 4.90 Å². The van der Waals surface area contributed by atoms with Gasteiger partial charge in [-0.25, -0.2) is 0 Å². The number of rotatable bonds is 10. The lowest BCUT2D eigenvalue weighted by molar-refractivity contribution is -0.128. The van der Waals surface area contributed by atoms with Crippen LogP contribution in [0.25, 0.3) is 0 Å². The number of ketones is 1. The van der Waals surface area contributed by atoms with Gasteiger partial charge in [0.15, 0.2) is 5.78 Å². The van der Waals surface area contributed by atoms with Crippen LogP contribution in [0, 0.1) is 11.3 Å². The van der Waals surface area contributed by atoms with Crippen molar-refractivity contribution in [3.8, 4) is 6.07 Å². The molecule has 2 rings (SSSR count). The maximum Gasteiger partial charge on any atom is 0.223 e. The van der Waals surface area contributed by atoms with Crippen molar-refractivity contribution in [1.82, 2.24) is 4.90 Å². The number of allylic oxidation sites excluding steroid dienone is 1. The van der Waals surface area contributed by atoms with Crippen molar-refractivity contribution in [2.24, 2.45) is 0 Å². The molecule has 1 aliphatic heterocycles. The average molecular weight is 373 g/mol. The van der Waals surface area contributed by atoms with Crippen molar-refractivity contribution < 1.29 is 9.59 Å². The van der Waals surface area contributed by atoms with E-state index in [-0.39, 0.29) is 17.7 Å². The maximum atomic E-state index is 12.2. The first-order valence-electron chi connectivity index (χ1n) is 9.22. The Morgan fingerprint density at radius 1 is 1.31 bits per heavy atom. The Hall–Kier alpha value is -2.12. The number of carbonyl (C=O) groups is 2. The Kier molecular flexibility index (Phi) is 8.37. The molecule has 1 aliphatic rings. The van der Waals surface area contributed by atoms with Gasteiger partial charge in [0.25, 0.3) is 0 Å². The summed E-state index contributed by atoms with van der Waals surface area (Å²) in [6.07, 6.45) is 9.62. The zero-order valence-electron chi connectivity index (χ0n) is 15.0. The van der Waals surface area contributed by atoms with E-state index >= 15 is 0 Å². The van der Waals surface area contributed by atoms with Crippen LogP contribution in [0.2, 0.25) is 5.02 Å². The zero-order chi connectivity index (χ0) is 18.8. The lowest BCUT2D eigenvalue weighted by atomic mass is 10.1. The molecule has 0 bridgehead atoms. The van der Waals surface area contributed by atoms with Crippen LogP contribution in [0.1, 0.15) is 50.5 Å². The van der Waals surface area contributed by atoms with Crippen LogP contribution in [0.15, 0.2) is 36.4 Å². The molecule has 1 heterocycles. The van der Waals surface area contributed by atoms with Crippen LogP contribution in [0.5, 0.6) is 0 Å². The summed E-state index contributed by atoms with van der Waals surface area (Å²) in [4.78, 5) is 26.1. The van der Waals surface area contributed by atoms with E-state index in [2.05, 4.69) is 6.07 Å². The fourth-order valence-electron chi connectivity index (χ4n) is 3.21. The highest BCUT2D eigenvalue weighted by Crippen LogP contribution is 2.21. The van der Waals surface area contributed by atoms with Gasteiger partial charge in [-0.1, -0.05) is 42.7 Å². The molecule has 1 aromatic carbocycles. The quantitative estimate of drug-likeness (QED) is 0.449. The van der Waals surface area contributed by atoms with E-state index < -0.39 is 0 Å². The van der Waals surface area contributed by atoms with Crippen LogP contribution < -0.4 is 0 Å². The van der Waals surface area contributed by atoms with Gasteiger partial charge in [-0.3, -0.25) is 9.59 Å². The second-order valence-electron chi connectivity index (χ2n) is 6.65. The monoisotopic (exact) mass is 372 g/mol. The lowest BCUT2D eigenvalue weighted by Crippen LogP contribution is -2.32. The molecule has 0 aliphatic carbocycles. The summed E-state index contributed by atoms with van der Waals surface area (Å²) in [5.41, 5.74) is 0.892. The first-order valence-corrected chi connectivity index (χ1v) is 9.60. The molecule has 0 radical (unpaired) electrons. The van der Waals surface area contributed by atoms with E-state index in [1.165, 1.54) is 0 Å². The van der Waals surface area contributed by atoms with Crippen molar-refractivity contribution in [2.75, 3.05) is 6.54 Å². The molecular formula is C21H25ClN2O2. The molecule has 0 spiro atoms. The Balaban J connectivity index is 1.80. The largest absolute Gasteiger partial charge is 0.336 e. The normalized spacial score (nSPS) is 17.0. The van der Waals surface area contributed by atoms with E-state index in [4.69, 9.17) is 16.9 Å². The first-order chi connectivity index (χ1) is 12.6. The third-order valence-corrected chi connectivity index (χ3v) is 4.82. The van der Waals surface area contributed by atoms with Crippen molar-refractivity contribution >= 4 is 23.3 Å². The maximum absolute atomic E-state index is 12.2. The highest BCUT2D eigenvalue weighted by Gasteiger charge is 2.28. The van der Waals surface area contributed by atoms with Crippen molar-refractivity contribution in [1.29, 1.82) is 5.26 Å². The van der Waals surface area contributed by atoms with Crippen molar-refractivity contribution in [3.05, 3.63) is 47.0 Å². The van der Waals surface area contributed by atoms with E-state index in [0.29, 0.717) is 24.3 Å². The van der Waals surface area contributed by atoms with E-state index in [1.807, 2.05) is 23.1 Å². The Morgan fingerprint density at radius 2 is 2.12 bits per heavy atom. The van der Waals surface area contributed by atoms with Gasteiger partial charge in [0, 0.05) is 30.8 Å². The predicted octanol–water partition coefficient (Wildman–Crippen LogP) is 4.47. The number of carbonyl (C=O) groups excluding carboxylic acids is 2. The van der Waals surface area contributed by atoms with E-state index in [1.54, 1.807) is 18.2 Å². The Bertz CT molecular complexity index is 693. The van der Waals surface area contributed by atoms with Crippen LogP contribution >= 0.6 is 11.6 Å². The van der Waals surface area contributed by atoms with Gasteiger partial charge in [-0.2, -0.15) is 5.26 Å². The second kappa shape index (κ2) is 10.8. The number of unbranched alkanes of at least 4 members (excludes halogenated alkanes) is 4. The van der Waals surface area contributed by atoms with Crippen LogP contribution in [-0.4, -0.2) is 29.2 Å². The van der Waals surface area contributed by atoms with Crippen LogP contribution in [0.3, 0.4) is 0 Å². The van der Waals surface area contributed by atoms with Crippen molar-refractivity contribution in [2.45, 2.75) is 57.4 Å². The van der Waals surface area contributed by atoms with Gasteiger partial charge >= 0.3 is 0 Å². The third kappa shape index (κ3) is 6.65. The molecule has 138 valence electrons. The lowest BCUT2D eigenvalue weighted by Gasteiger charge is -2.22. The number of amides is 1. The molecule has 1 aromatic rings. The summed E-state index contributed by atoms with van der Waals surface area (Å²) >= 11 is 5.94. The van der Waals surface area contributed by atoms with Gasteiger partial charge in [0.05, 0.1) is 12.1 Å². The van der Waals surface area contributed by atoms with Gasteiger partial charge in [-0.05, 0) is 43.0 Å². The number of hydrogen-bond acceptors (Lipinski definition) is 3. The van der Waals surface area contributed by atoms with E-state index in [9.17, 15) is 9.59 Å². The summed E-state index contributed by atoms with van der Waals surface area (Å²) in [6, 6.07) is 9.47.